The molecule has 3 rings (SSSR count). The van der Waals surface area contributed by atoms with E-state index in [4.69, 9.17) is 8.94 Å². The third-order valence-corrected chi connectivity index (χ3v) is 3.11. The Morgan fingerprint density at radius 1 is 1.47 bits per heavy atom. The van der Waals surface area contributed by atoms with Gasteiger partial charge < -0.3 is 14.0 Å². The van der Waals surface area contributed by atoms with Crippen molar-refractivity contribution in [1.29, 1.82) is 0 Å². The Hall–Kier alpha value is -1.56. The fraction of sp³-hybridized carbons (Fsp3) is 0.273. The van der Waals surface area contributed by atoms with Gasteiger partial charge >= 0.3 is 5.97 Å². The molecule has 0 atom stereocenters. The first-order valence-electron chi connectivity index (χ1n) is 5.15. The van der Waals surface area contributed by atoms with Crippen molar-refractivity contribution in [2.75, 3.05) is 0 Å². The first kappa shape index (κ1) is 10.6. The molecule has 6 heteroatoms. The predicted molar refractivity (Wildman–Crippen MR) is 60.8 cm³/mol. The van der Waals surface area contributed by atoms with Gasteiger partial charge in [0.05, 0.1) is 0 Å². The molecule has 0 aliphatic heterocycles. The number of nitrogens with zero attached hydrogens (tertiary/aromatic N) is 1. The minimum Gasteiger partial charge on any atom is -0.477 e. The van der Waals surface area contributed by atoms with Crippen molar-refractivity contribution in [3.05, 3.63) is 28.1 Å². The zero-order valence-corrected chi connectivity index (χ0v) is 10.2. The fourth-order valence-corrected chi connectivity index (χ4v) is 2.05. The molecular formula is C11H8BrNO4. The lowest BCUT2D eigenvalue weighted by molar-refractivity contribution is 0.0695. The third-order valence-electron chi connectivity index (χ3n) is 2.69. The van der Waals surface area contributed by atoms with Crippen LogP contribution in [0, 0.1) is 0 Å². The van der Waals surface area contributed by atoms with Gasteiger partial charge in [-0.05, 0) is 40.9 Å². The van der Waals surface area contributed by atoms with Crippen LogP contribution in [-0.2, 0) is 0 Å². The number of aromatic carboxylic acids is 1. The number of carboxylic acid groups (broad SMARTS) is 1. The number of carboxylic acids is 1. The Labute approximate surface area is 105 Å². The summed E-state index contributed by atoms with van der Waals surface area (Å²) < 4.78 is 11.0. The summed E-state index contributed by atoms with van der Waals surface area (Å²) in [5.74, 6) is 0.0152. The molecule has 88 valence electrons. The van der Waals surface area contributed by atoms with Crippen LogP contribution in [0.5, 0.6) is 0 Å². The standard InChI is InChI=1S/C11H8BrNO4/c12-7-4-3-6(16-7)9-8(11(14)15)10(17-13-9)5-1-2-5/h3-5H,1-2H2,(H,14,15). The van der Waals surface area contributed by atoms with Gasteiger partial charge in [-0.1, -0.05) is 5.16 Å². The molecule has 2 heterocycles. The first-order valence-corrected chi connectivity index (χ1v) is 5.94. The van der Waals surface area contributed by atoms with E-state index in [1.54, 1.807) is 12.1 Å². The van der Waals surface area contributed by atoms with E-state index in [0.717, 1.165) is 12.8 Å². The molecule has 0 aromatic carbocycles. The van der Waals surface area contributed by atoms with Crippen molar-refractivity contribution >= 4 is 21.9 Å². The minimum absolute atomic E-state index is 0.120. The van der Waals surface area contributed by atoms with E-state index in [0.29, 0.717) is 16.2 Å². The van der Waals surface area contributed by atoms with Crippen molar-refractivity contribution in [2.24, 2.45) is 0 Å². The van der Waals surface area contributed by atoms with E-state index in [9.17, 15) is 9.90 Å². The second-order valence-corrected chi connectivity index (χ2v) is 4.74. The molecule has 2 aromatic rings. The van der Waals surface area contributed by atoms with Crippen molar-refractivity contribution in [3.63, 3.8) is 0 Å². The second-order valence-electron chi connectivity index (χ2n) is 3.95. The van der Waals surface area contributed by atoms with Crippen LogP contribution in [0.2, 0.25) is 0 Å². The van der Waals surface area contributed by atoms with Crippen molar-refractivity contribution < 1.29 is 18.8 Å². The molecule has 1 aliphatic carbocycles. The molecule has 1 fully saturated rings. The molecule has 1 saturated carbocycles. The van der Waals surface area contributed by atoms with Crippen molar-refractivity contribution in [2.45, 2.75) is 18.8 Å². The van der Waals surface area contributed by atoms with Gasteiger partial charge in [0, 0.05) is 5.92 Å². The number of halogens is 1. The monoisotopic (exact) mass is 297 g/mol. The van der Waals surface area contributed by atoms with Crippen LogP contribution in [0.1, 0.15) is 34.9 Å². The van der Waals surface area contributed by atoms with Gasteiger partial charge in [-0.25, -0.2) is 4.79 Å². The summed E-state index contributed by atoms with van der Waals surface area (Å²) in [4.78, 5) is 11.3. The molecule has 0 bridgehead atoms. The van der Waals surface area contributed by atoms with E-state index in [-0.39, 0.29) is 17.2 Å². The zero-order chi connectivity index (χ0) is 12.0. The fourth-order valence-electron chi connectivity index (χ4n) is 1.74. The van der Waals surface area contributed by atoms with Gasteiger partial charge in [-0.3, -0.25) is 0 Å². The van der Waals surface area contributed by atoms with Gasteiger partial charge in [0.25, 0.3) is 0 Å². The Morgan fingerprint density at radius 3 is 2.76 bits per heavy atom. The SMILES string of the molecule is O=C(O)c1c(-c2ccc(Br)o2)noc1C1CC1. The molecule has 0 saturated heterocycles. The van der Waals surface area contributed by atoms with E-state index >= 15 is 0 Å². The number of rotatable bonds is 3. The lowest BCUT2D eigenvalue weighted by Crippen LogP contribution is -2.00. The van der Waals surface area contributed by atoms with Crippen molar-refractivity contribution in [1.82, 2.24) is 5.16 Å². The Bertz CT molecular complexity index is 582. The van der Waals surface area contributed by atoms with Crippen molar-refractivity contribution in [3.8, 4) is 11.5 Å². The quantitative estimate of drug-likeness (QED) is 0.941. The Kier molecular flexibility index (Phi) is 2.32. The molecule has 17 heavy (non-hydrogen) atoms. The summed E-state index contributed by atoms with van der Waals surface area (Å²) in [6.45, 7) is 0. The number of hydrogen-bond acceptors (Lipinski definition) is 4. The summed E-state index contributed by atoms with van der Waals surface area (Å²) >= 11 is 3.17. The number of furan rings is 1. The van der Waals surface area contributed by atoms with Gasteiger partial charge in [0.2, 0.25) is 0 Å². The van der Waals surface area contributed by atoms with E-state index in [1.165, 1.54) is 0 Å². The highest BCUT2D eigenvalue weighted by atomic mass is 79.9. The molecule has 5 nitrogen and oxygen atoms in total. The lowest BCUT2D eigenvalue weighted by Gasteiger charge is -1.94. The minimum atomic E-state index is -1.03. The van der Waals surface area contributed by atoms with Crippen LogP contribution >= 0.6 is 15.9 Å². The lowest BCUT2D eigenvalue weighted by atomic mass is 10.1. The largest absolute Gasteiger partial charge is 0.477 e. The van der Waals surface area contributed by atoms with E-state index in [1.807, 2.05) is 0 Å². The van der Waals surface area contributed by atoms with Crippen LogP contribution in [0.4, 0.5) is 0 Å². The van der Waals surface area contributed by atoms with E-state index < -0.39 is 5.97 Å². The van der Waals surface area contributed by atoms with Crippen LogP contribution in [0.15, 0.2) is 25.7 Å². The summed E-state index contributed by atoms with van der Waals surface area (Å²) in [5.41, 5.74) is 0.374. The van der Waals surface area contributed by atoms with Gasteiger partial charge in [-0.15, -0.1) is 0 Å². The molecule has 2 aromatic heterocycles. The van der Waals surface area contributed by atoms with Gasteiger partial charge in [0.15, 0.2) is 21.9 Å². The molecule has 1 aliphatic rings. The van der Waals surface area contributed by atoms with Crippen LogP contribution in [-0.4, -0.2) is 16.2 Å². The topological polar surface area (TPSA) is 76.5 Å². The second kappa shape index (κ2) is 3.73. The Balaban J connectivity index is 2.13. The van der Waals surface area contributed by atoms with Gasteiger partial charge in [-0.2, -0.15) is 0 Å². The summed E-state index contributed by atoms with van der Waals surface area (Å²) in [6, 6.07) is 3.34. The predicted octanol–water partition coefficient (Wildman–Crippen LogP) is 3.27. The third kappa shape index (κ3) is 1.78. The smallest absolute Gasteiger partial charge is 0.341 e. The van der Waals surface area contributed by atoms with Crippen LogP contribution in [0.3, 0.4) is 0 Å². The zero-order valence-electron chi connectivity index (χ0n) is 8.64. The normalized spacial score (nSPS) is 15.1. The number of hydrogen-bond donors (Lipinski definition) is 1. The van der Waals surface area contributed by atoms with E-state index in [2.05, 4.69) is 21.1 Å². The highest BCUT2D eigenvalue weighted by Crippen LogP contribution is 2.44. The average Bonchev–Trinajstić information content (AvgIpc) is 2.87. The summed E-state index contributed by atoms with van der Waals surface area (Å²) in [7, 11) is 0. The highest BCUT2D eigenvalue weighted by molar-refractivity contribution is 9.10. The van der Waals surface area contributed by atoms with Crippen LogP contribution in [0.25, 0.3) is 11.5 Å². The first-order chi connectivity index (χ1) is 8.16. The molecule has 0 radical (unpaired) electrons. The van der Waals surface area contributed by atoms with Crippen LogP contribution < -0.4 is 0 Å². The summed E-state index contributed by atoms with van der Waals surface area (Å²) in [6.07, 6.45) is 1.91. The molecule has 0 unspecified atom stereocenters. The molecule has 1 N–H and O–H groups in total. The maximum Gasteiger partial charge on any atom is 0.341 e. The van der Waals surface area contributed by atoms with Gasteiger partial charge in [0.1, 0.15) is 5.56 Å². The highest BCUT2D eigenvalue weighted by Gasteiger charge is 2.36. The number of carbonyl (C=O) groups is 1. The number of aromatic nitrogens is 1. The maximum absolute atomic E-state index is 11.3. The molecule has 0 amide bonds. The molecule has 0 spiro atoms. The molecular weight excluding hydrogens is 290 g/mol. The average molecular weight is 298 g/mol. The summed E-state index contributed by atoms with van der Waals surface area (Å²) in [5, 5.41) is 13.0. The maximum atomic E-state index is 11.3. The Morgan fingerprint density at radius 2 is 2.24 bits per heavy atom.